The maximum atomic E-state index is 10.8. The summed E-state index contributed by atoms with van der Waals surface area (Å²) in [7, 11) is 0. The van der Waals surface area contributed by atoms with Gasteiger partial charge in [0.1, 0.15) is 6.04 Å². The van der Waals surface area contributed by atoms with Crippen molar-refractivity contribution in [2.75, 3.05) is 32.8 Å². The quantitative estimate of drug-likeness (QED) is 0.584. The molecule has 1 fully saturated rings. The second-order valence-electron chi connectivity index (χ2n) is 4.09. The minimum absolute atomic E-state index is 0.0516. The first-order valence-corrected chi connectivity index (χ1v) is 5.76. The average molecular weight is 236 g/mol. The van der Waals surface area contributed by atoms with Gasteiger partial charge in [-0.25, -0.2) is 0 Å². The lowest BCUT2D eigenvalue weighted by Gasteiger charge is -2.32. The first kappa shape index (κ1) is 12.0. The molecule has 0 aromatic heterocycles. The van der Waals surface area contributed by atoms with Crippen LogP contribution in [-0.2, 0) is 4.74 Å². The third-order valence-corrected chi connectivity index (χ3v) is 2.99. The first-order valence-electron chi connectivity index (χ1n) is 5.76. The highest BCUT2D eigenvalue weighted by Crippen LogP contribution is 2.21. The van der Waals surface area contributed by atoms with E-state index in [1.165, 1.54) is 0 Å². The summed E-state index contributed by atoms with van der Waals surface area (Å²) >= 11 is 0. The van der Waals surface area contributed by atoms with Crippen molar-refractivity contribution in [2.24, 2.45) is 0 Å². The van der Waals surface area contributed by atoms with Gasteiger partial charge in [0.05, 0.1) is 13.2 Å². The molecule has 92 valence electrons. The summed E-state index contributed by atoms with van der Waals surface area (Å²) in [5.74, 6) is 0. The predicted octanol–water partition coefficient (Wildman–Crippen LogP) is 1.34. The van der Waals surface area contributed by atoms with Gasteiger partial charge >= 0.3 is 0 Å². The SMILES string of the molecule is O=[N+]([O-])CC(c1ccccc1)N1CCOCC1. The fraction of sp³-hybridized carbons (Fsp3) is 0.500. The van der Waals surface area contributed by atoms with Crippen LogP contribution in [0.25, 0.3) is 0 Å². The molecule has 1 aliphatic rings. The summed E-state index contributed by atoms with van der Waals surface area (Å²) in [6.45, 7) is 2.77. The van der Waals surface area contributed by atoms with Crippen LogP contribution < -0.4 is 0 Å². The van der Waals surface area contributed by atoms with Gasteiger partial charge in [0, 0.05) is 18.0 Å². The van der Waals surface area contributed by atoms with E-state index in [0.717, 1.165) is 18.7 Å². The van der Waals surface area contributed by atoms with Crippen LogP contribution in [0.5, 0.6) is 0 Å². The second-order valence-corrected chi connectivity index (χ2v) is 4.09. The molecule has 17 heavy (non-hydrogen) atoms. The van der Waals surface area contributed by atoms with Crippen LogP contribution in [-0.4, -0.2) is 42.7 Å². The standard InChI is InChI=1S/C12H16N2O3/c15-14(16)10-12(11-4-2-1-3-5-11)13-6-8-17-9-7-13/h1-5,12H,6-10H2. The smallest absolute Gasteiger partial charge is 0.223 e. The molecular weight excluding hydrogens is 220 g/mol. The normalized spacial score (nSPS) is 18.8. The summed E-state index contributed by atoms with van der Waals surface area (Å²) < 4.78 is 5.28. The summed E-state index contributed by atoms with van der Waals surface area (Å²) in [6, 6.07) is 9.51. The summed E-state index contributed by atoms with van der Waals surface area (Å²) in [6.07, 6.45) is 0. The number of hydrogen-bond acceptors (Lipinski definition) is 4. The molecule has 1 saturated heterocycles. The highest BCUT2D eigenvalue weighted by molar-refractivity contribution is 5.19. The number of nitrogens with zero attached hydrogens (tertiary/aromatic N) is 2. The minimum atomic E-state index is -0.243. The van der Waals surface area contributed by atoms with Crippen molar-refractivity contribution in [1.29, 1.82) is 0 Å². The molecule has 0 amide bonds. The molecule has 0 N–H and O–H groups in total. The van der Waals surface area contributed by atoms with Crippen LogP contribution in [0.4, 0.5) is 0 Å². The molecule has 1 unspecified atom stereocenters. The third kappa shape index (κ3) is 3.25. The Hall–Kier alpha value is -1.46. The van der Waals surface area contributed by atoms with Crippen molar-refractivity contribution in [3.63, 3.8) is 0 Å². The van der Waals surface area contributed by atoms with Gasteiger partial charge in [-0.3, -0.25) is 15.0 Å². The lowest BCUT2D eigenvalue weighted by molar-refractivity contribution is -0.488. The van der Waals surface area contributed by atoms with Gasteiger partial charge in [0.2, 0.25) is 6.54 Å². The first-order chi connectivity index (χ1) is 8.27. The molecule has 0 aliphatic carbocycles. The van der Waals surface area contributed by atoms with E-state index in [1.54, 1.807) is 0 Å². The summed E-state index contributed by atoms with van der Waals surface area (Å²) in [5.41, 5.74) is 1.01. The fourth-order valence-electron chi connectivity index (χ4n) is 2.14. The van der Waals surface area contributed by atoms with Gasteiger partial charge in [-0.05, 0) is 5.56 Å². The Morgan fingerprint density at radius 1 is 1.29 bits per heavy atom. The van der Waals surface area contributed by atoms with Gasteiger partial charge < -0.3 is 4.74 Å². The molecular formula is C12H16N2O3. The number of nitro groups is 1. The Morgan fingerprint density at radius 2 is 1.94 bits per heavy atom. The molecule has 0 saturated carbocycles. The van der Waals surface area contributed by atoms with Crippen LogP contribution in [0.15, 0.2) is 30.3 Å². The van der Waals surface area contributed by atoms with E-state index in [2.05, 4.69) is 4.90 Å². The highest BCUT2D eigenvalue weighted by atomic mass is 16.6. The number of morpholine rings is 1. The molecule has 1 aliphatic heterocycles. The van der Waals surface area contributed by atoms with E-state index >= 15 is 0 Å². The van der Waals surface area contributed by atoms with E-state index in [0.29, 0.717) is 13.2 Å². The maximum Gasteiger partial charge on any atom is 0.223 e. The van der Waals surface area contributed by atoms with Crippen molar-refractivity contribution in [1.82, 2.24) is 4.90 Å². The Morgan fingerprint density at radius 3 is 2.53 bits per heavy atom. The Balaban J connectivity index is 2.15. The van der Waals surface area contributed by atoms with Crippen LogP contribution in [0.3, 0.4) is 0 Å². The van der Waals surface area contributed by atoms with Crippen molar-refractivity contribution < 1.29 is 9.66 Å². The molecule has 0 bridgehead atoms. The van der Waals surface area contributed by atoms with Gasteiger partial charge in [0.15, 0.2) is 0 Å². The fourth-order valence-corrected chi connectivity index (χ4v) is 2.14. The molecule has 0 spiro atoms. The average Bonchev–Trinajstić information content (AvgIpc) is 2.38. The van der Waals surface area contributed by atoms with Crippen molar-refractivity contribution in [2.45, 2.75) is 6.04 Å². The lowest BCUT2D eigenvalue weighted by Crippen LogP contribution is -2.41. The van der Waals surface area contributed by atoms with Crippen LogP contribution in [0.1, 0.15) is 11.6 Å². The minimum Gasteiger partial charge on any atom is -0.379 e. The number of rotatable bonds is 4. The summed E-state index contributed by atoms with van der Waals surface area (Å²) in [4.78, 5) is 12.7. The summed E-state index contributed by atoms with van der Waals surface area (Å²) in [5, 5.41) is 10.8. The maximum absolute atomic E-state index is 10.8. The lowest BCUT2D eigenvalue weighted by atomic mass is 10.1. The largest absolute Gasteiger partial charge is 0.379 e. The predicted molar refractivity (Wildman–Crippen MR) is 63.4 cm³/mol. The Kier molecular flexibility index (Phi) is 4.06. The Bertz CT molecular complexity index is 363. The topological polar surface area (TPSA) is 55.6 Å². The zero-order valence-electron chi connectivity index (χ0n) is 9.62. The van der Waals surface area contributed by atoms with E-state index in [9.17, 15) is 10.1 Å². The number of hydrogen-bond donors (Lipinski definition) is 0. The van der Waals surface area contributed by atoms with Crippen LogP contribution >= 0.6 is 0 Å². The highest BCUT2D eigenvalue weighted by Gasteiger charge is 2.26. The molecule has 1 aromatic carbocycles. The van der Waals surface area contributed by atoms with E-state index in [1.807, 2.05) is 30.3 Å². The van der Waals surface area contributed by atoms with Gasteiger partial charge in [-0.1, -0.05) is 30.3 Å². The van der Waals surface area contributed by atoms with E-state index < -0.39 is 0 Å². The van der Waals surface area contributed by atoms with Gasteiger partial charge in [0.25, 0.3) is 0 Å². The molecule has 0 radical (unpaired) electrons. The molecule has 1 aromatic rings. The van der Waals surface area contributed by atoms with Gasteiger partial charge in [-0.2, -0.15) is 0 Å². The molecule has 5 heteroatoms. The molecule has 5 nitrogen and oxygen atoms in total. The van der Waals surface area contributed by atoms with E-state index in [4.69, 9.17) is 4.74 Å². The third-order valence-electron chi connectivity index (χ3n) is 2.99. The second kappa shape index (κ2) is 5.75. The number of ether oxygens (including phenoxy) is 1. The van der Waals surface area contributed by atoms with Crippen molar-refractivity contribution in [3.8, 4) is 0 Å². The van der Waals surface area contributed by atoms with Crippen molar-refractivity contribution in [3.05, 3.63) is 46.0 Å². The zero-order chi connectivity index (χ0) is 12.1. The Labute approximate surface area is 100 Å². The van der Waals surface area contributed by atoms with Crippen LogP contribution in [0, 0.1) is 10.1 Å². The number of benzene rings is 1. The molecule has 2 rings (SSSR count). The zero-order valence-corrected chi connectivity index (χ0v) is 9.62. The monoisotopic (exact) mass is 236 g/mol. The van der Waals surface area contributed by atoms with E-state index in [-0.39, 0.29) is 17.5 Å². The van der Waals surface area contributed by atoms with Crippen LogP contribution in [0.2, 0.25) is 0 Å². The molecule has 1 heterocycles. The van der Waals surface area contributed by atoms with Crippen molar-refractivity contribution >= 4 is 0 Å². The van der Waals surface area contributed by atoms with Gasteiger partial charge in [-0.15, -0.1) is 0 Å². The molecule has 1 atom stereocenters.